The Morgan fingerprint density at radius 2 is 2.13 bits per heavy atom. The maximum Gasteiger partial charge on any atom is 0.221 e. The Balaban J connectivity index is 1.80. The highest BCUT2D eigenvalue weighted by Gasteiger charge is 2.17. The van der Waals surface area contributed by atoms with Gasteiger partial charge in [-0.1, -0.05) is 25.8 Å². The van der Waals surface area contributed by atoms with E-state index in [0.29, 0.717) is 6.42 Å². The number of rotatable bonds is 8. The molecule has 1 saturated heterocycles. The molecule has 0 spiro atoms. The van der Waals surface area contributed by atoms with Crippen molar-refractivity contribution >= 4 is 5.91 Å². The third kappa shape index (κ3) is 6.28. The van der Waals surface area contributed by atoms with E-state index >= 15 is 0 Å². The number of carbonyl (C=O) groups is 1. The molecule has 128 valence electrons. The van der Waals surface area contributed by atoms with E-state index in [1.807, 2.05) is 18.3 Å². The smallest absolute Gasteiger partial charge is 0.221 e. The predicted molar refractivity (Wildman–Crippen MR) is 93.2 cm³/mol. The standard InChI is InChI=1S/C18H30N4O/c1-3-4-7-17(16-6-5-9-19-15-16)20-18(23)8-10-22-13-11-21(2)12-14-22/h5-6,9,15,17H,3-4,7-8,10-14H2,1-2H3,(H,20,23)/t17-/m1/s1. The van der Waals surface area contributed by atoms with Crippen molar-refractivity contribution in [3.05, 3.63) is 30.1 Å². The van der Waals surface area contributed by atoms with Crippen molar-refractivity contribution in [2.75, 3.05) is 39.8 Å². The molecular weight excluding hydrogens is 288 g/mol. The van der Waals surface area contributed by atoms with Crippen LogP contribution in [0.4, 0.5) is 0 Å². The number of aromatic nitrogens is 1. The van der Waals surface area contributed by atoms with Crippen LogP contribution in [-0.4, -0.2) is 60.5 Å². The van der Waals surface area contributed by atoms with Gasteiger partial charge in [-0.3, -0.25) is 9.78 Å². The van der Waals surface area contributed by atoms with Gasteiger partial charge in [0.05, 0.1) is 6.04 Å². The second-order valence-electron chi connectivity index (χ2n) is 6.44. The van der Waals surface area contributed by atoms with E-state index in [4.69, 9.17) is 0 Å². The lowest BCUT2D eigenvalue weighted by molar-refractivity contribution is -0.122. The maximum atomic E-state index is 12.3. The monoisotopic (exact) mass is 318 g/mol. The molecule has 0 bridgehead atoms. The molecule has 2 heterocycles. The first kappa shape index (κ1) is 17.9. The molecule has 2 rings (SSSR count). The lowest BCUT2D eigenvalue weighted by Gasteiger charge is -2.32. The number of carbonyl (C=O) groups excluding carboxylic acids is 1. The Hall–Kier alpha value is -1.46. The van der Waals surface area contributed by atoms with Gasteiger partial charge in [0.2, 0.25) is 5.91 Å². The second-order valence-corrected chi connectivity index (χ2v) is 6.44. The largest absolute Gasteiger partial charge is 0.349 e. The topological polar surface area (TPSA) is 48.5 Å². The molecule has 1 fully saturated rings. The van der Waals surface area contributed by atoms with Crippen LogP contribution in [-0.2, 0) is 4.79 Å². The van der Waals surface area contributed by atoms with Gasteiger partial charge in [0.1, 0.15) is 0 Å². The molecular formula is C18H30N4O. The molecule has 1 atom stereocenters. The number of hydrogen-bond acceptors (Lipinski definition) is 4. The summed E-state index contributed by atoms with van der Waals surface area (Å²) in [6, 6.07) is 4.07. The molecule has 0 aliphatic carbocycles. The first-order valence-corrected chi connectivity index (χ1v) is 8.79. The fourth-order valence-electron chi connectivity index (χ4n) is 2.91. The molecule has 1 N–H and O–H groups in total. The first-order valence-electron chi connectivity index (χ1n) is 8.79. The van der Waals surface area contributed by atoms with Crippen molar-refractivity contribution in [2.45, 2.75) is 38.6 Å². The van der Waals surface area contributed by atoms with Gasteiger partial charge in [-0.15, -0.1) is 0 Å². The summed E-state index contributed by atoms with van der Waals surface area (Å²) in [5.41, 5.74) is 1.11. The summed E-state index contributed by atoms with van der Waals surface area (Å²) in [5, 5.41) is 3.20. The van der Waals surface area contributed by atoms with Gasteiger partial charge in [-0.25, -0.2) is 0 Å². The van der Waals surface area contributed by atoms with Crippen LogP contribution in [0.2, 0.25) is 0 Å². The minimum atomic E-state index is 0.0867. The summed E-state index contributed by atoms with van der Waals surface area (Å²) in [6.07, 6.45) is 7.43. The van der Waals surface area contributed by atoms with E-state index in [9.17, 15) is 4.79 Å². The molecule has 5 nitrogen and oxygen atoms in total. The van der Waals surface area contributed by atoms with Crippen LogP contribution in [0.3, 0.4) is 0 Å². The minimum absolute atomic E-state index is 0.0867. The van der Waals surface area contributed by atoms with Crippen LogP contribution in [0.25, 0.3) is 0 Å². The Morgan fingerprint density at radius 3 is 2.78 bits per heavy atom. The molecule has 1 aliphatic rings. The number of likely N-dealkylation sites (N-methyl/N-ethyl adjacent to an activating group) is 1. The zero-order valence-corrected chi connectivity index (χ0v) is 14.5. The third-order valence-electron chi connectivity index (χ3n) is 4.52. The minimum Gasteiger partial charge on any atom is -0.349 e. The second kappa shape index (κ2) is 9.63. The van der Waals surface area contributed by atoms with E-state index in [0.717, 1.165) is 57.5 Å². The average molecular weight is 318 g/mol. The molecule has 1 aliphatic heterocycles. The van der Waals surface area contributed by atoms with E-state index in [2.05, 4.69) is 34.1 Å². The quantitative estimate of drug-likeness (QED) is 0.797. The average Bonchev–Trinajstić information content (AvgIpc) is 2.59. The van der Waals surface area contributed by atoms with Crippen LogP contribution in [0, 0.1) is 0 Å². The number of piperazine rings is 1. The predicted octanol–water partition coefficient (Wildman–Crippen LogP) is 2.07. The Morgan fingerprint density at radius 1 is 1.35 bits per heavy atom. The van der Waals surface area contributed by atoms with Crippen molar-refractivity contribution in [1.29, 1.82) is 0 Å². The summed E-state index contributed by atoms with van der Waals surface area (Å²) >= 11 is 0. The fraction of sp³-hybridized carbons (Fsp3) is 0.667. The summed E-state index contributed by atoms with van der Waals surface area (Å²) < 4.78 is 0. The van der Waals surface area contributed by atoms with Crippen LogP contribution in [0.15, 0.2) is 24.5 Å². The Labute approximate surface area is 140 Å². The summed E-state index contributed by atoms with van der Waals surface area (Å²) in [7, 11) is 2.15. The number of amides is 1. The first-order chi connectivity index (χ1) is 11.2. The number of hydrogen-bond donors (Lipinski definition) is 1. The van der Waals surface area contributed by atoms with Gasteiger partial charge in [0.25, 0.3) is 0 Å². The van der Waals surface area contributed by atoms with Crippen LogP contribution in [0.5, 0.6) is 0 Å². The molecule has 0 saturated carbocycles. The summed E-state index contributed by atoms with van der Waals surface area (Å²) in [4.78, 5) is 21.2. The fourth-order valence-corrected chi connectivity index (χ4v) is 2.91. The highest BCUT2D eigenvalue weighted by atomic mass is 16.1. The van der Waals surface area contributed by atoms with Gasteiger partial charge >= 0.3 is 0 Å². The van der Waals surface area contributed by atoms with Crippen LogP contribution < -0.4 is 5.32 Å². The molecule has 0 aromatic carbocycles. The van der Waals surface area contributed by atoms with Crippen molar-refractivity contribution in [3.8, 4) is 0 Å². The van der Waals surface area contributed by atoms with Gasteiger partial charge in [-0.05, 0) is 25.1 Å². The van der Waals surface area contributed by atoms with E-state index < -0.39 is 0 Å². The van der Waals surface area contributed by atoms with Crippen molar-refractivity contribution in [2.24, 2.45) is 0 Å². The molecule has 1 amide bonds. The van der Waals surface area contributed by atoms with Crippen molar-refractivity contribution in [3.63, 3.8) is 0 Å². The molecule has 1 aromatic rings. The van der Waals surface area contributed by atoms with E-state index in [1.54, 1.807) is 6.20 Å². The SMILES string of the molecule is CCCC[C@@H](NC(=O)CCN1CCN(C)CC1)c1cccnc1. The lowest BCUT2D eigenvalue weighted by Crippen LogP contribution is -2.45. The molecule has 23 heavy (non-hydrogen) atoms. The van der Waals surface area contributed by atoms with Crippen LogP contribution in [0.1, 0.15) is 44.2 Å². The van der Waals surface area contributed by atoms with Gasteiger partial charge < -0.3 is 15.1 Å². The Kier molecular flexibility index (Phi) is 7.49. The number of nitrogens with zero attached hydrogens (tertiary/aromatic N) is 3. The Bertz CT molecular complexity index is 457. The zero-order chi connectivity index (χ0) is 16.5. The van der Waals surface area contributed by atoms with E-state index in [1.165, 1.54) is 0 Å². The number of unbranched alkanes of at least 4 members (excludes halogenated alkanes) is 1. The van der Waals surface area contributed by atoms with Gasteiger partial charge in [0.15, 0.2) is 0 Å². The number of nitrogens with one attached hydrogen (secondary N) is 1. The van der Waals surface area contributed by atoms with E-state index in [-0.39, 0.29) is 11.9 Å². The normalized spacial score (nSPS) is 17.8. The third-order valence-corrected chi connectivity index (χ3v) is 4.52. The van der Waals surface area contributed by atoms with Crippen molar-refractivity contribution < 1.29 is 4.79 Å². The zero-order valence-electron chi connectivity index (χ0n) is 14.5. The molecule has 1 aromatic heterocycles. The summed E-state index contributed by atoms with van der Waals surface area (Å²) in [6.45, 7) is 7.34. The lowest BCUT2D eigenvalue weighted by atomic mass is 10.0. The number of pyridine rings is 1. The molecule has 0 radical (unpaired) electrons. The van der Waals surface area contributed by atoms with Crippen molar-refractivity contribution in [1.82, 2.24) is 20.1 Å². The summed E-state index contributed by atoms with van der Waals surface area (Å²) in [5.74, 6) is 0.147. The molecule has 0 unspecified atom stereocenters. The highest BCUT2D eigenvalue weighted by molar-refractivity contribution is 5.76. The molecule has 5 heteroatoms. The van der Waals surface area contributed by atoms with Gasteiger partial charge in [-0.2, -0.15) is 0 Å². The maximum absolute atomic E-state index is 12.3. The highest BCUT2D eigenvalue weighted by Crippen LogP contribution is 2.18. The van der Waals surface area contributed by atoms with Gasteiger partial charge in [0, 0.05) is 51.5 Å². The van der Waals surface area contributed by atoms with Crippen LogP contribution >= 0.6 is 0 Å².